The molecule has 4 nitrogen and oxygen atoms in total. The summed E-state index contributed by atoms with van der Waals surface area (Å²) in [5, 5.41) is 0. The van der Waals surface area contributed by atoms with Gasteiger partial charge in [0.15, 0.2) is 0 Å². The van der Waals surface area contributed by atoms with Crippen molar-refractivity contribution in [3.63, 3.8) is 0 Å². The highest BCUT2D eigenvalue weighted by Crippen LogP contribution is 2.39. The van der Waals surface area contributed by atoms with Crippen LogP contribution in [0.1, 0.15) is 97.8 Å². The highest BCUT2D eigenvalue weighted by Gasteiger charge is 2.36. The zero-order valence-corrected chi connectivity index (χ0v) is 17.1. The Bertz CT molecular complexity index is 446. The molecule has 0 bridgehead atoms. The fourth-order valence-corrected chi connectivity index (χ4v) is 4.47. The van der Waals surface area contributed by atoms with Crippen LogP contribution in [0.4, 0.5) is 0 Å². The Morgan fingerprint density at radius 3 is 2.15 bits per heavy atom. The van der Waals surface area contributed by atoms with Crippen LogP contribution in [0.3, 0.4) is 0 Å². The lowest BCUT2D eigenvalue weighted by Crippen LogP contribution is -2.38. The number of rotatable bonds is 7. The third kappa shape index (κ3) is 7.28. The molecule has 150 valence electrons. The minimum absolute atomic E-state index is 0.0366. The summed E-state index contributed by atoms with van der Waals surface area (Å²) in [6.07, 6.45) is 11.8. The normalized spacial score (nSPS) is 24.9. The van der Waals surface area contributed by atoms with Crippen LogP contribution in [-0.2, 0) is 19.1 Å². The van der Waals surface area contributed by atoms with Crippen LogP contribution < -0.4 is 0 Å². The second-order valence-electron chi connectivity index (χ2n) is 9.33. The molecule has 0 heterocycles. The van der Waals surface area contributed by atoms with Gasteiger partial charge in [-0.05, 0) is 49.9 Å². The van der Waals surface area contributed by atoms with E-state index in [2.05, 4.69) is 20.8 Å². The van der Waals surface area contributed by atoms with E-state index in [9.17, 15) is 9.59 Å². The maximum absolute atomic E-state index is 12.2. The quantitative estimate of drug-likeness (QED) is 0.564. The highest BCUT2D eigenvalue weighted by atomic mass is 16.5. The first kappa shape index (κ1) is 21.2. The second-order valence-corrected chi connectivity index (χ2v) is 9.33. The summed E-state index contributed by atoms with van der Waals surface area (Å²) >= 11 is 0. The number of carbonyl (C=O) groups is 2. The summed E-state index contributed by atoms with van der Waals surface area (Å²) in [5.74, 6) is 0.638. The third-order valence-electron chi connectivity index (χ3n) is 6.06. The van der Waals surface area contributed by atoms with Gasteiger partial charge in [0.05, 0.1) is 6.61 Å². The van der Waals surface area contributed by atoms with Crippen molar-refractivity contribution in [1.29, 1.82) is 0 Å². The molecule has 0 radical (unpaired) electrons. The maximum atomic E-state index is 12.2. The van der Waals surface area contributed by atoms with Gasteiger partial charge in [-0.25, -0.2) is 0 Å². The van der Waals surface area contributed by atoms with Crippen LogP contribution in [0.5, 0.6) is 0 Å². The summed E-state index contributed by atoms with van der Waals surface area (Å²) in [6.45, 7) is 7.24. The number of hydrogen-bond donors (Lipinski definition) is 0. The van der Waals surface area contributed by atoms with Crippen molar-refractivity contribution in [2.75, 3.05) is 6.61 Å². The van der Waals surface area contributed by atoms with E-state index in [0.29, 0.717) is 37.7 Å². The Morgan fingerprint density at radius 1 is 0.846 bits per heavy atom. The van der Waals surface area contributed by atoms with Crippen LogP contribution >= 0.6 is 0 Å². The maximum Gasteiger partial charge on any atom is 0.306 e. The molecule has 2 fully saturated rings. The molecular weight excluding hydrogens is 328 g/mol. The Morgan fingerprint density at radius 2 is 1.46 bits per heavy atom. The zero-order chi connectivity index (χ0) is 19.0. The van der Waals surface area contributed by atoms with Crippen molar-refractivity contribution in [3.8, 4) is 0 Å². The Labute approximate surface area is 159 Å². The largest absolute Gasteiger partial charge is 0.465 e. The smallest absolute Gasteiger partial charge is 0.306 e. The van der Waals surface area contributed by atoms with Gasteiger partial charge in [-0.15, -0.1) is 0 Å². The van der Waals surface area contributed by atoms with Gasteiger partial charge in [-0.1, -0.05) is 46.5 Å². The van der Waals surface area contributed by atoms with Crippen molar-refractivity contribution < 1.29 is 19.1 Å². The van der Waals surface area contributed by atoms with Gasteiger partial charge in [0.1, 0.15) is 6.10 Å². The van der Waals surface area contributed by atoms with Crippen molar-refractivity contribution in [2.24, 2.45) is 17.3 Å². The molecule has 0 aromatic heterocycles. The summed E-state index contributed by atoms with van der Waals surface area (Å²) in [6, 6.07) is 0. The first-order valence-electron chi connectivity index (χ1n) is 10.7. The molecule has 0 aromatic carbocycles. The first-order chi connectivity index (χ1) is 12.4. The fraction of sp³-hybridized carbons (Fsp3) is 0.909. The molecule has 0 amide bonds. The molecule has 2 aliphatic rings. The molecule has 0 aliphatic heterocycles. The molecule has 0 spiro atoms. The molecule has 4 heteroatoms. The van der Waals surface area contributed by atoms with Gasteiger partial charge in [-0.2, -0.15) is 0 Å². The van der Waals surface area contributed by atoms with Crippen molar-refractivity contribution in [1.82, 2.24) is 0 Å². The van der Waals surface area contributed by atoms with Crippen molar-refractivity contribution in [2.45, 2.75) is 104 Å². The van der Waals surface area contributed by atoms with Crippen LogP contribution in [0.25, 0.3) is 0 Å². The SMILES string of the molecule is CC(C)(C)C1CCCCC1OC(=O)CCCC(=O)OCC1CCCCC1. The summed E-state index contributed by atoms with van der Waals surface area (Å²) < 4.78 is 11.2. The number of hydrogen-bond acceptors (Lipinski definition) is 4. The minimum atomic E-state index is -0.173. The molecule has 0 N–H and O–H groups in total. The first-order valence-corrected chi connectivity index (χ1v) is 10.7. The van der Waals surface area contributed by atoms with Gasteiger partial charge in [0.2, 0.25) is 0 Å². The second kappa shape index (κ2) is 10.3. The number of esters is 2. The van der Waals surface area contributed by atoms with Gasteiger partial charge in [0.25, 0.3) is 0 Å². The lowest BCUT2D eigenvalue weighted by Gasteiger charge is -2.39. The van der Waals surface area contributed by atoms with E-state index in [1.165, 1.54) is 38.5 Å². The third-order valence-corrected chi connectivity index (χ3v) is 6.06. The van der Waals surface area contributed by atoms with Gasteiger partial charge < -0.3 is 9.47 Å². The van der Waals surface area contributed by atoms with E-state index < -0.39 is 0 Å². The molecule has 26 heavy (non-hydrogen) atoms. The molecule has 2 saturated carbocycles. The Hall–Kier alpha value is -1.06. The Kier molecular flexibility index (Phi) is 8.43. The van der Waals surface area contributed by atoms with E-state index in [1.807, 2.05) is 0 Å². The Balaban J connectivity index is 1.62. The van der Waals surface area contributed by atoms with Gasteiger partial charge in [0, 0.05) is 18.8 Å². The predicted octanol–water partition coefficient (Wildman–Crippen LogP) is 5.43. The highest BCUT2D eigenvalue weighted by molar-refractivity contribution is 5.72. The zero-order valence-electron chi connectivity index (χ0n) is 17.1. The van der Waals surface area contributed by atoms with Crippen LogP contribution in [0, 0.1) is 17.3 Å². The van der Waals surface area contributed by atoms with E-state index in [0.717, 1.165) is 19.3 Å². The fourth-order valence-electron chi connectivity index (χ4n) is 4.47. The standard InChI is InChI=1S/C22H38O4/c1-22(2,3)18-12-7-8-13-19(18)26-21(24)15-9-14-20(23)25-16-17-10-5-4-6-11-17/h17-19H,4-16H2,1-3H3. The predicted molar refractivity (Wildman–Crippen MR) is 103 cm³/mol. The van der Waals surface area contributed by atoms with Crippen LogP contribution in [0.2, 0.25) is 0 Å². The average molecular weight is 367 g/mol. The summed E-state index contributed by atoms with van der Waals surface area (Å²) in [7, 11) is 0. The molecular formula is C22H38O4. The molecule has 2 aliphatic carbocycles. The van der Waals surface area contributed by atoms with Gasteiger partial charge in [-0.3, -0.25) is 9.59 Å². The number of carbonyl (C=O) groups excluding carboxylic acids is 2. The van der Waals surface area contributed by atoms with Crippen LogP contribution in [-0.4, -0.2) is 24.6 Å². The van der Waals surface area contributed by atoms with Gasteiger partial charge >= 0.3 is 11.9 Å². The molecule has 0 saturated heterocycles. The molecule has 0 aromatic rings. The lowest BCUT2D eigenvalue weighted by molar-refractivity contribution is -0.157. The number of ether oxygens (including phenoxy) is 2. The monoisotopic (exact) mass is 366 g/mol. The lowest BCUT2D eigenvalue weighted by atomic mass is 9.70. The minimum Gasteiger partial charge on any atom is -0.465 e. The van der Waals surface area contributed by atoms with Crippen LogP contribution in [0.15, 0.2) is 0 Å². The molecule has 2 rings (SSSR count). The van der Waals surface area contributed by atoms with E-state index in [1.54, 1.807) is 0 Å². The summed E-state index contributed by atoms with van der Waals surface area (Å²) in [4.78, 5) is 24.1. The summed E-state index contributed by atoms with van der Waals surface area (Å²) in [5.41, 5.74) is 0.161. The molecule has 2 unspecified atom stereocenters. The van der Waals surface area contributed by atoms with Crippen molar-refractivity contribution >= 4 is 11.9 Å². The van der Waals surface area contributed by atoms with E-state index in [4.69, 9.17) is 9.47 Å². The topological polar surface area (TPSA) is 52.6 Å². The van der Waals surface area contributed by atoms with E-state index >= 15 is 0 Å². The molecule has 2 atom stereocenters. The van der Waals surface area contributed by atoms with Crippen molar-refractivity contribution in [3.05, 3.63) is 0 Å². The average Bonchev–Trinajstić information content (AvgIpc) is 2.60. The van der Waals surface area contributed by atoms with E-state index in [-0.39, 0.29) is 23.5 Å².